The van der Waals surface area contributed by atoms with E-state index in [1.165, 1.54) is 0 Å². The quantitative estimate of drug-likeness (QED) is 0.407. The Labute approximate surface area is 263 Å². The van der Waals surface area contributed by atoms with Crippen molar-refractivity contribution in [1.82, 2.24) is 14.8 Å². The van der Waals surface area contributed by atoms with E-state index in [1.54, 1.807) is 17.0 Å². The first-order chi connectivity index (χ1) is 21.0. The van der Waals surface area contributed by atoms with Gasteiger partial charge in [-0.25, -0.2) is 4.79 Å². The van der Waals surface area contributed by atoms with Crippen LogP contribution in [0.4, 0.5) is 16.2 Å². The molecule has 2 amide bonds. The van der Waals surface area contributed by atoms with Crippen molar-refractivity contribution in [3.63, 3.8) is 0 Å². The molecule has 0 aromatic heterocycles. The number of halogens is 1. The third-order valence-electron chi connectivity index (χ3n) is 7.60. The predicted octanol–water partition coefficient (Wildman–Crippen LogP) is 4.79. The summed E-state index contributed by atoms with van der Waals surface area (Å²) in [7, 11) is 1.60. The molecule has 11 nitrogen and oxygen atoms in total. The molecule has 0 saturated carbocycles. The lowest BCUT2D eigenvalue weighted by molar-refractivity contribution is -0.120. The van der Waals surface area contributed by atoms with Gasteiger partial charge in [-0.15, -0.1) is 0 Å². The Morgan fingerprint density at radius 2 is 1.86 bits per heavy atom. The molecule has 2 aromatic rings. The van der Waals surface area contributed by atoms with Gasteiger partial charge in [0, 0.05) is 43.0 Å². The Kier molecular flexibility index (Phi) is 9.07. The summed E-state index contributed by atoms with van der Waals surface area (Å²) in [6.07, 6.45) is 4.74. The number of carbonyl (C=O) groups excluding carboxylic acids is 2. The van der Waals surface area contributed by atoms with Crippen molar-refractivity contribution in [2.75, 3.05) is 43.6 Å². The van der Waals surface area contributed by atoms with E-state index in [2.05, 4.69) is 10.3 Å². The van der Waals surface area contributed by atoms with Crippen molar-refractivity contribution in [3.8, 4) is 5.75 Å². The van der Waals surface area contributed by atoms with Crippen LogP contribution in [0, 0.1) is 0 Å². The van der Waals surface area contributed by atoms with Crippen LogP contribution in [0.3, 0.4) is 0 Å². The minimum Gasteiger partial charge on any atom is -0.494 e. The third kappa shape index (κ3) is 6.79. The first-order valence-corrected chi connectivity index (χ1v) is 15.1. The molecule has 44 heavy (non-hydrogen) atoms. The number of hydrogen-bond acceptors (Lipinski definition) is 9. The number of hydrazine groups is 1. The summed E-state index contributed by atoms with van der Waals surface area (Å²) in [6, 6.07) is 12.7. The number of methoxy groups -OCH3 is 1. The maximum Gasteiger partial charge on any atom is 0.410 e. The summed E-state index contributed by atoms with van der Waals surface area (Å²) in [5.74, 6) is 0.577. The van der Waals surface area contributed by atoms with Gasteiger partial charge in [-0.05, 0) is 51.0 Å². The van der Waals surface area contributed by atoms with Crippen LogP contribution in [0.25, 0.3) is 0 Å². The summed E-state index contributed by atoms with van der Waals surface area (Å²) in [5.41, 5.74) is 13.1. The standard InChI is InChI=1S/C32H40ClN7O4/c1-6-22-19-39-24(17-21-9-7-8-10-25(21)33)20-40(28(29(34)41)30(39)35-22)36-26-12-11-23(18-27(26)43-5)37-13-15-38(16-14-37)31(42)44-32(2,3)4/h7-12,18-20,28,36H,6,13-17H2,1-5H3,(H2,34,41)/q+1. The number of nitrogens with zero attached hydrogens (tertiary/aromatic N) is 5. The topological polar surface area (TPSA) is 119 Å². The first-order valence-electron chi connectivity index (χ1n) is 14.7. The molecule has 1 unspecified atom stereocenters. The normalized spacial score (nSPS) is 18.7. The van der Waals surface area contributed by atoms with Crippen LogP contribution in [-0.2, 0) is 16.0 Å². The molecule has 0 aliphatic carbocycles. The fourth-order valence-electron chi connectivity index (χ4n) is 5.37. The van der Waals surface area contributed by atoms with Crippen LogP contribution in [0.1, 0.15) is 39.7 Å². The zero-order valence-electron chi connectivity index (χ0n) is 25.8. The molecule has 3 aliphatic heterocycles. The average Bonchev–Trinajstić information content (AvgIpc) is 3.42. The van der Waals surface area contributed by atoms with Crippen LogP contribution in [0.5, 0.6) is 5.75 Å². The molecule has 0 spiro atoms. The number of benzene rings is 2. The Morgan fingerprint density at radius 1 is 1.14 bits per heavy atom. The Bertz CT molecular complexity index is 1510. The predicted molar refractivity (Wildman–Crippen MR) is 173 cm³/mol. The van der Waals surface area contributed by atoms with E-state index in [0.717, 1.165) is 22.6 Å². The van der Waals surface area contributed by atoms with E-state index in [1.807, 2.05) is 87.5 Å². The third-order valence-corrected chi connectivity index (χ3v) is 7.96. The molecule has 5 rings (SSSR count). The molecule has 1 fully saturated rings. The van der Waals surface area contributed by atoms with E-state index in [9.17, 15) is 9.59 Å². The number of amidine groups is 1. The molecule has 12 heteroatoms. The number of rotatable bonds is 8. The SMILES string of the molecule is CCC1=C[N+]2C(Cc3ccccc3Cl)=CN(Nc3ccc(N4CCN(C(=O)OC(C)(C)C)CC4)cc3OC)C(C(N)=O)C2=N1. The Morgan fingerprint density at radius 3 is 2.50 bits per heavy atom. The number of piperazine rings is 1. The summed E-state index contributed by atoms with van der Waals surface area (Å²) >= 11 is 6.51. The van der Waals surface area contributed by atoms with Crippen molar-refractivity contribution in [1.29, 1.82) is 0 Å². The fourth-order valence-corrected chi connectivity index (χ4v) is 5.57. The molecular formula is C32H40ClN7O4+. The highest BCUT2D eigenvalue weighted by molar-refractivity contribution is 6.31. The lowest BCUT2D eigenvalue weighted by Crippen LogP contribution is -2.58. The molecule has 3 aliphatic rings. The van der Waals surface area contributed by atoms with Crippen molar-refractivity contribution in [3.05, 3.63) is 76.8 Å². The van der Waals surface area contributed by atoms with Gasteiger partial charge in [-0.2, -0.15) is 4.99 Å². The maximum atomic E-state index is 12.9. The molecule has 3 heterocycles. The summed E-state index contributed by atoms with van der Waals surface area (Å²) < 4.78 is 11.3. The molecule has 233 valence electrons. The molecular weight excluding hydrogens is 582 g/mol. The number of nitrogens with two attached hydrogens (primary N) is 1. The van der Waals surface area contributed by atoms with Gasteiger partial charge < -0.3 is 25.0 Å². The second-order valence-corrected chi connectivity index (χ2v) is 12.3. The monoisotopic (exact) mass is 621 g/mol. The summed E-state index contributed by atoms with van der Waals surface area (Å²) in [4.78, 5) is 36.0. The lowest BCUT2D eigenvalue weighted by Gasteiger charge is -2.37. The van der Waals surface area contributed by atoms with Crippen LogP contribution < -0.4 is 25.7 Å². The van der Waals surface area contributed by atoms with E-state index < -0.39 is 17.6 Å². The average molecular weight is 622 g/mol. The van der Waals surface area contributed by atoms with Gasteiger partial charge in [0.05, 0.1) is 25.4 Å². The van der Waals surface area contributed by atoms with Crippen LogP contribution in [-0.4, -0.2) is 72.7 Å². The smallest absolute Gasteiger partial charge is 0.410 e. The van der Waals surface area contributed by atoms with Gasteiger partial charge in [-0.3, -0.25) is 15.2 Å². The minimum atomic E-state index is -0.865. The van der Waals surface area contributed by atoms with Gasteiger partial charge in [-0.1, -0.05) is 41.6 Å². The van der Waals surface area contributed by atoms with Gasteiger partial charge in [0.15, 0.2) is 11.9 Å². The number of anilines is 2. The molecule has 1 radical (unpaired) electrons. The van der Waals surface area contributed by atoms with Gasteiger partial charge in [0.1, 0.15) is 17.0 Å². The fraction of sp³-hybridized carbons (Fsp3) is 0.406. The maximum absolute atomic E-state index is 12.9. The number of ether oxygens (including phenoxy) is 2. The zero-order chi connectivity index (χ0) is 31.6. The van der Waals surface area contributed by atoms with Crippen LogP contribution >= 0.6 is 11.6 Å². The van der Waals surface area contributed by atoms with Gasteiger partial charge >= 0.3 is 6.09 Å². The minimum absolute atomic E-state index is 0.298. The highest BCUT2D eigenvalue weighted by Crippen LogP contribution is 2.34. The largest absolute Gasteiger partial charge is 0.494 e. The number of allylic oxidation sites excluding steroid dienone is 2. The summed E-state index contributed by atoms with van der Waals surface area (Å²) in [6.45, 7) is 10.0. The van der Waals surface area contributed by atoms with Crippen LogP contribution in [0.15, 0.2) is 71.3 Å². The number of primary amides is 1. The van der Waals surface area contributed by atoms with Gasteiger partial charge in [0.2, 0.25) is 6.04 Å². The first kappa shape index (κ1) is 31.2. The van der Waals surface area contributed by atoms with Crippen LogP contribution in [0.2, 0.25) is 5.02 Å². The highest BCUT2D eigenvalue weighted by Gasteiger charge is 2.48. The molecule has 1 atom stereocenters. The van der Waals surface area contributed by atoms with E-state index in [4.69, 9.17) is 31.8 Å². The number of fused-ring (bicyclic) bond motifs is 1. The molecule has 0 bridgehead atoms. The van der Waals surface area contributed by atoms with E-state index in [0.29, 0.717) is 61.3 Å². The molecule has 2 aromatic carbocycles. The van der Waals surface area contributed by atoms with E-state index in [-0.39, 0.29) is 6.09 Å². The number of hydrogen-bond donors (Lipinski definition) is 2. The number of amides is 2. The second-order valence-electron chi connectivity index (χ2n) is 11.9. The molecule has 1 saturated heterocycles. The lowest BCUT2D eigenvalue weighted by atomic mass is 10.1. The number of aliphatic imine (C=N–C) groups is 1. The second kappa shape index (κ2) is 12.8. The Balaban J connectivity index is 1.38. The molecule has 3 N–H and O–H groups in total. The summed E-state index contributed by atoms with van der Waals surface area (Å²) in [5, 5.41) is 2.35. The zero-order valence-corrected chi connectivity index (χ0v) is 26.6. The van der Waals surface area contributed by atoms with Crippen molar-refractivity contribution >= 4 is 40.8 Å². The van der Waals surface area contributed by atoms with Crippen molar-refractivity contribution in [2.45, 2.75) is 52.2 Å². The van der Waals surface area contributed by atoms with E-state index >= 15 is 0 Å². The number of carbonyl (C=O) groups is 2. The highest BCUT2D eigenvalue weighted by atomic mass is 35.5. The van der Waals surface area contributed by atoms with Crippen molar-refractivity contribution in [2.24, 2.45) is 10.7 Å². The Hall–Kier alpha value is -4.22. The van der Waals surface area contributed by atoms with Crippen molar-refractivity contribution < 1.29 is 19.1 Å². The number of nitrogens with one attached hydrogen (secondary N) is 1. The van der Waals surface area contributed by atoms with Gasteiger partial charge in [0.25, 0.3) is 11.7 Å².